The van der Waals surface area contributed by atoms with Crippen molar-refractivity contribution in [3.8, 4) is 5.88 Å². The first-order chi connectivity index (χ1) is 15.5. The number of benzene rings is 1. The van der Waals surface area contributed by atoms with Gasteiger partial charge in [-0.2, -0.15) is 0 Å². The summed E-state index contributed by atoms with van der Waals surface area (Å²) in [6.45, 7) is 2.48. The molecule has 2 heterocycles. The number of rotatable bonds is 7. The number of alkyl halides is 1. The van der Waals surface area contributed by atoms with E-state index in [0.29, 0.717) is 6.61 Å². The molecule has 178 valence electrons. The van der Waals surface area contributed by atoms with Crippen molar-refractivity contribution in [1.29, 1.82) is 0 Å². The fourth-order valence-electron chi connectivity index (χ4n) is 3.53. The third-order valence-corrected chi connectivity index (χ3v) is 7.86. The van der Waals surface area contributed by atoms with Gasteiger partial charge in [-0.05, 0) is 44.9 Å². The lowest BCUT2D eigenvalue weighted by molar-refractivity contribution is 0.102. The van der Waals surface area contributed by atoms with Crippen molar-refractivity contribution in [2.75, 3.05) is 24.9 Å². The van der Waals surface area contributed by atoms with Gasteiger partial charge in [0.1, 0.15) is 34.3 Å². The maximum atomic E-state index is 14.8. The van der Waals surface area contributed by atoms with Crippen molar-refractivity contribution in [3.05, 3.63) is 47.7 Å². The smallest absolute Gasteiger partial charge is 0.275 e. The van der Waals surface area contributed by atoms with Crippen LogP contribution in [0.15, 0.2) is 35.6 Å². The lowest BCUT2D eigenvalue weighted by Gasteiger charge is -2.39. The van der Waals surface area contributed by atoms with Gasteiger partial charge in [0.15, 0.2) is 9.84 Å². The Morgan fingerprint density at radius 3 is 2.55 bits per heavy atom. The van der Waals surface area contributed by atoms with Crippen molar-refractivity contribution in [2.24, 2.45) is 10.7 Å². The Morgan fingerprint density at radius 1 is 1.27 bits per heavy atom. The molecular formula is C21H25F2N5O4S. The van der Waals surface area contributed by atoms with Crippen LogP contribution in [0.3, 0.4) is 0 Å². The molecule has 0 fully saturated rings. The first-order valence-corrected chi connectivity index (χ1v) is 12.0. The Bertz CT molecular complexity index is 1190. The highest BCUT2D eigenvalue weighted by atomic mass is 32.2. The zero-order valence-corrected chi connectivity index (χ0v) is 19.2. The van der Waals surface area contributed by atoms with Crippen molar-refractivity contribution in [1.82, 2.24) is 9.97 Å². The standard InChI is InChI=1S/C21H25F2N5O4S/c1-4-32-17-11-25-16(10-26-17)18(29)27-13-5-6-15(23)14(9-13)21(12-22)8-7-20(2,19(24)28-21)33(3,30)31/h5-6,9-11H,4,7-8,12H2,1-3H3,(H2,24,28)(H,27,29)/t20-,21-/m1/s1. The van der Waals surface area contributed by atoms with E-state index < -0.39 is 38.5 Å². The van der Waals surface area contributed by atoms with E-state index in [1.165, 1.54) is 31.5 Å². The Balaban J connectivity index is 1.93. The van der Waals surface area contributed by atoms with E-state index in [0.717, 1.165) is 12.3 Å². The van der Waals surface area contributed by atoms with E-state index in [-0.39, 0.29) is 41.5 Å². The second kappa shape index (κ2) is 9.00. The van der Waals surface area contributed by atoms with E-state index in [2.05, 4.69) is 20.3 Å². The molecule has 0 bridgehead atoms. The van der Waals surface area contributed by atoms with Crippen LogP contribution in [0, 0.1) is 5.82 Å². The molecule has 3 rings (SSSR count). The number of carbonyl (C=O) groups excluding carboxylic acids is 1. The van der Waals surface area contributed by atoms with Crippen LogP contribution in [0.25, 0.3) is 0 Å². The first kappa shape index (κ1) is 24.5. The fraction of sp³-hybridized carbons (Fsp3) is 0.429. The maximum absolute atomic E-state index is 14.8. The summed E-state index contributed by atoms with van der Waals surface area (Å²) in [5.41, 5.74) is 4.27. The molecule has 33 heavy (non-hydrogen) atoms. The summed E-state index contributed by atoms with van der Waals surface area (Å²) >= 11 is 0. The number of nitrogens with one attached hydrogen (secondary N) is 1. The molecule has 1 aliphatic rings. The summed E-state index contributed by atoms with van der Waals surface area (Å²) in [4.78, 5) is 24.6. The summed E-state index contributed by atoms with van der Waals surface area (Å²) < 4.78 is 57.2. The van der Waals surface area contributed by atoms with Gasteiger partial charge in [-0.15, -0.1) is 0 Å². The lowest BCUT2D eigenvalue weighted by Crippen LogP contribution is -2.53. The second-order valence-electron chi connectivity index (χ2n) is 7.99. The predicted molar refractivity (Wildman–Crippen MR) is 119 cm³/mol. The topological polar surface area (TPSA) is 137 Å². The van der Waals surface area contributed by atoms with Gasteiger partial charge in [0.2, 0.25) is 5.88 Å². The van der Waals surface area contributed by atoms with E-state index >= 15 is 0 Å². The van der Waals surface area contributed by atoms with Crippen LogP contribution in [-0.2, 0) is 15.4 Å². The molecule has 1 aromatic heterocycles. The van der Waals surface area contributed by atoms with E-state index in [1.807, 2.05) is 0 Å². The molecule has 2 atom stereocenters. The molecule has 1 amide bonds. The number of ether oxygens (including phenoxy) is 1. The third kappa shape index (κ3) is 4.65. The van der Waals surface area contributed by atoms with Crippen LogP contribution in [0.5, 0.6) is 5.88 Å². The number of sulfone groups is 1. The molecule has 3 N–H and O–H groups in total. The van der Waals surface area contributed by atoms with Gasteiger partial charge < -0.3 is 15.8 Å². The van der Waals surface area contributed by atoms with Gasteiger partial charge in [0.25, 0.3) is 5.91 Å². The summed E-state index contributed by atoms with van der Waals surface area (Å²) in [6, 6.07) is 3.64. The van der Waals surface area contributed by atoms with E-state index in [9.17, 15) is 22.0 Å². The average molecular weight is 482 g/mol. The highest BCUT2D eigenvalue weighted by molar-refractivity contribution is 7.92. The fourth-order valence-corrected chi connectivity index (χ4v) is 4.43. The summed E-state index contributed by atoms with van der Waals surface area (Å²) in [6.07, 6.45) is 3.42. The van der Waals surface area contributed by atoms with Gasteiger partial charge in [0.05, 0.1) is 19.0 Å². The summed E-state index contributed by atoms with van der Waals surface area (Å²) in [5.74, 6) is -1.40. The van der Waals surface area contributed by atoms with Gasteiger partial charge in [0, 0.05) is 17.5 Å². The van der Waals surface area contributed by atoms with Crippen LogP contribution in [0.2, 0.25) is 0 Å². The Labute approximate surface area is 190 Å². The number of hydrogen-bond acceptors (Lipinski definition) is 8. The molecule has 0 saturated carbocycles. The van der Waals surface area contributed by atoms with Crippen LogP contribution < -0.4 is 15.8 Å². The maximum Gasteiger partial charge on any atom is 0.275 e. The Hall–Kier alpha value is -3.15. The van der Waals surface area contributed by atoms with Crippen LogP contribution in [-0.4, -0.2) is 54.4 Å². The van der Waals surface area contributed by atoms with Gasteiger partial charge in [-0.25, -0.2) is 27.2 Å². The minimum Gasteiger partial charge on any atom is -0.477 e. The zero-order chi connectivity index (χ0) is 24.4. The second-order valence-corrected chi connectivity index (χ2v) is 10.4. The molecule has 1 aliphatic heterocycles. The monoisotopic (exact) mass is 481 g/mol. The first-order valence-electron chi connectivity index (χ1n) is 10.1. The molecule has 0 saturated heterocycles. The molecule has 0 unspecified atom stereocenters. The number of nitrogens with zero attached hydrogens (tertiary/aromatic N) is 3. The Kier molecular flexibility index (Phi) is 6.68. The van der Waals surface area contributed by atoms with Crippen molar-refractivity contribution < 1.29 is 26.7 Å². The molecular weight excluding hydrogens is 456 g/mol. The van der Waals surface area contributed by atoms with Crippen molar-refractivity contribution in [3.63, 3.8) is 0 Å². The van der Waals surface area contributed by atoms with Crippen LogP contribution >= 0.6 is 0 Å². The SMILES string of the molecule is CCOc1cnc(C(=O)Nc2ccc(F)c([C@]3(CF)CC[C@@](C)(S(C)(=O)=O)C(N)=N3)c2)cn1. The lowest BCUT2D eigenvalue weighted by atomic mass is 9.80. The number of aliphatic imine (C=N–C) groups is 1. The molecule has 1 aromatic carbocycles. The number of amidine groups is 1. The normalized spacial score (nSPS) is 23.0. The molecule has 0 spiro atoms. The number of nitrogens with two attached hydrogens (primary N) is 1. The number of hydrogen-bond donors (Lipinski definition) is 2. The van der Waals surface area contributed by atoms with Crippen molar-refractivity contribution >= 4 is 27.3 Å². The van der Waals surface area contributed by atoms with Gasteiger partial charge >= 0.3 is 0 Å². The third-order valence-electron chi connectivity index (χ3n) is 5.81. The summed E-state index contributed by atoms with van der Waals surface area (Å²) in [7, 11) is -3.64. The minimum atomic E-state index is -3.64. The number of amides is 1. The number of anilines is 1. The predicted octanol–water partition coefficient (Wildman–Crippen LogP) is 2.39. The van der Waals surface area contributed by atoms with Crippen LogP contribution in [0.4, 0.5) is 14.5 Å². The zero-order valence-electron chi connectivity index (χ0n) is 18.4. The van der Waals surface area contributed by atoms with Gasteiger partial charge in [-0.1, -0.05) is 0 Å². The van der Waals surface area contributed by atoms with E-state index in [4.69, 9.17) is 10.5 Å². The van der Waals surface area contributed by atoms with Crippen LogP contribution in [0.1, 0.15) is 42.7 Å². The highest BCUT2D eigenvalue weighted by Gasteiger charge is 2.49. The van der Waals surface area contributed by atoms with Gasteiger partial charge in [-0.3, -0.25) is 9.79 Å². The summed E-state index contributed by atoms with van der Waals surface area (Å²) in [5, 5.41) is 2.56. The molecule has 2 aromatic rings. The largest absolute Gasteiger partial charge is 0.477 e. The Morgan fingerprint density at radius 2 is 2.00 bits per heavy atom. The molecule has 12 heteroatoms. The van der Waals surface area contributed by atoms with Crippen molar-refractivity contribution in [2.45, 2.75) is 37.0 Å². The molecule has 9 nitrogen and oxygen atoms in total. The van der Waals surface area contributed by atoms with E-state index in [1.54, 1.807) is 6.92 Å². The highest BCUT2D eigenvalue weighted by Crippen LogP contribution is 2.42. The molecule has 0 aliphatic carbocycles. The number of halogens is 2. The minimum absolute atomic E-state index is 0.00613. The number of carbonyl (C=O) groups is 1. The quantitative estimate of drug-likeness (QED) is 0.619. The number of aromatic nitrogens is 2. The molecule has 0 radical (unpaired) electrons. The average Bonchev–Trinajstić information content (AvgIpc) is 2.77.